The first kappa shape index (κ1) is 13.4. The van der Waals surface area contributed by atoms with Gasteiger partial charge in [0.2, 0.25) is 0 Å². The molecule has 1 saturated heterocycles. The van der Waals surface area contributed by atoms with Crippen molar-refractivity contribution in [3.05, 3.63) is 28.7 Å². The molecule has 1 fully saturated rings. The number of anilines is 1. The van der Waals surface area contributed by atoms with Crippen molar-refractivity contribution >= 4 is 21.6 Å². The number of hydrogen-bond acceptors (Lipinski definition) is 3. The fourth-order valence-corrected chi connectivity index (χ4v) is 2.66. The SMILES string of the molecule is CCC1CC(C#N)(Nc2ccccc2Br)CCO1. The van der Waals surface area contributed by atoms with Crippen LogP contribution in [-0.4, -0.2) is 18.2 Å². The summed E-state index contributed by atoms with van der Waals surface area (Å²) in [5, 5.41) is 12.9. The summed E-state index contributed by atoms with van der Waals surface area (Å²) in [6, 6.07) is 10.3. The summed E-state index contributed by atoms with van der Waals surface area (Å²) >= 11 is 3.51. The van der Waals surface area contributed by atoms with Gasteiger partial charge in [0, 0.05) is 23.0 Å². The van der Waals surface area contributed by atoms with E-state index in [1.165, 1.54) is 0 Å². The molecule has 96 valence electrons. The first-order valence-electron chi connectivity index (χ1n) is 6.25. The van der Waals surface area contributed by atoms with Crippen molar-refractivity contribution in [3.8, 4) is 6.07 Å². The summed E-state index contributed by atoms with van der Waals surface area (Å²) in [5.41, 5.74) is 0.457. The summed E-state index contributed by atoms with van der Waals surface area (Å²) in [7, 11) is 0. The number of hydrogen-bond donors (Lipinski definition) is 1. The molecular weight excluding hydrogens is 292 g/mol. The number of benzene rings is 1. The Bertz CT molecular complexity index is 457. The molecule has 18 heavy (non-hydrogen) atoms. The number of para-hydroxylation sites is 1. The minimum absolute atomic E-state index is 0.174. The van der Waals surface area contributed by atoms with Crippen molar-refractivity contribution in [1.29, 1.82) is 5.26 Å². The van der Waals surface area contributed by atoms with Crippen molar-refractivity contribution in [2.24, 2.45) is 0 Å². The largest absolute Gasteiger partial charge is 0.378 e. The van der Waals surface area contributed by atoms with Crippen molar-refractivity contribution in [1.82, 2.24) is 0 Å². The molecule has 2 atom stereocenters. The zero-order valence-electron chi connectivity index (χ0n) is 10.4. The molecule has 1 aliphatic rings. The number of rotatable bonds is 3. The van der Waals surface area contributed by atoms with Crippen LogP contribution in [0.25, 0.3) is 0 Å². The Morgan fingerprint density at radius 2 is 2.33 bits per heavy atom. The number of nitrogens with one attached hydrogen (secondary N) is 1. The molecule has 0 radical (unpaired) electrons. The van der Waals surface area contributed by atoms with E-state index in [-0.39, 0.29) is 6.10 Å². The lowest BCUT2D eigenvalue weighted by atomic mass is 9.87. The first-order valence-corrected chi connectivity index (χ1v) is 7.04. The lowest BCUT2D eigenvalue weighted by molar-refractivity contribution is -0.00305. The Labute approximate surface area is 116 Å². The van der Waals surface area contributed by atoms with E-state index in [2.05, 4.69) is 34.2 Å². The molecule has 0 saturated carbocycles. The molecule has 1 N–H and O–H groups in total. The van der Waals surface area contributed by atoms with Crippen LogP contribution in [0.1, 0.15) is 26.2 Å². The van der Waals surface area contributed by atoms with E-state index in [1.807, 2.05) is 24.3 Å². The molecule has 0 spiro atoms. The molecule has 3 nitrogen and oxygen atoms in total. The molecule has 4 heteroatoms. The third-order valence-electron chi connectivity index (χ3n) is 3.38. The second-order valence-electron chi connectivity index (χ2n) is 4.65. The van der Waals surface area contributed by atoms with E-state index >= 15 is 0 Å². The third kappa shape index (κ3) is 2.85. The van der Waals surface area contributed by atoms with Gasteiger partial charge in [0.05, 0.1) is 18.8 Å². The van der Waals surface area contributed by atoms with Crippen molar-refractivity contribution < 1.29 is 4.74 Å². The zero-order valence-corrected chi connectivity index (χ0v) is 12.0. The quantitative estimate of drug-likeness (QED) is 0.925. The first-order chi connectivity index (χ1) is 8.69. The number of halogens is 1. The van der Waals surface area contributed by atoms with Gasteiger partial charge in [-0.25, -0.2) is 0 Å². The lowest BCUT2D eigenvalue weighted by Crippen LogP contribution is -2.45. The van der Waals surface area contributed by atoms with Gasteiger partial charge in [0.15, 0.2) is 0 Å². The minimum Gasteiger partial charge on any atom is -0.378 e. The summed E-state index contributed by atoms with van der Waals surface area (Å²) in [6.45, 7) is 2.74. The average Bonchev–Trinajstić information content (AvgIpc) is 2.42. The van der Waals surface area contributed by atoms with Gasteiger partial charge < -0.3 is 10.1 Å². The Hall–Kier alpha value is -1.05. The van der Waals surface area contributed by atoms with E-state index in [0.29, 0.717) is 6.61 Å². The molecular formula is C14H17BrN2O. The van der Waals surface area contributed by atoms with Crippen LogP contribution in [0.2, 0.25) is 0 Å². The van der Waals surface area contributed by atoms with E-state index in [4.69, 9.17) is 4.74 Å². The Kier molecular flexibility index (Phi) is 4.26. The second-order valence-corrected chi connectivity index (χ2v) is 5.51. The van der Waals surface area contributed by atoms with Crippen molar-refractivity contribution in [3.63, 3.8) is 0 Å². The molecule has 2 unspecified atom stereocenters. The highest BCUT2D eigenvalue weighted by Gasteiger charge is 2.37. The summed E-state index contributed by atoms with van der Waals surface area (Å²) in [5.74, 6) is 0. The summed E-state index contributed by atoms with van der Waals surface area (Å²) in [4.78, 5) is 0. The molecule has 2 rings (SSSR count). The Balaban J connectivity index is 2.19. The van der Waals surface area contributed by atoms with E-state index < -0.39 is 5.54 Å². The standard InChI is InChI=1S/C14H17BrN2O/c1-2-11-9-14(10-16,7-8-18-11)17-13-6-4-3-5-12(13)15/h3-6,11,17H,2,7-9H2,1H3. The average molecular weight is 309 g/mol. The fourth-order valence-electron chi connectivity index (χ4n) is 2.28. The fraction of sp³-hybridized carbons (Fsp3) is 0.500. The number of ether oxygens (including phenoxy) is 1. The predicted octanol–water partition coefficient (Wildman–Crippen LogP) is 3.71. The maximum absolute atomic E-state index is 9.52. The smallest absolute Gasteiger partial charge is 0.130 e. The maximum Gasteiger partial charge on any atom is 0.130 e. The van der Waals surface area contributed by atoms with Crippen LogP contribution in [0, 0.1) is 11.3 Å². The van der Waals surface area contributed by atoms with Crippen LogP contribution in [0.3, 0.4) is 0 Å². The minimum atomic E-state index is -0.511. The maximum atomic E-state index is 9.52. The number of nitrogens with zero attached hydrogens (tertiary/aromatic N) is 1. The van der Waals surface area contributed by atoms with Gasteiger partial charge in [0.1, 0.15) is 5.54 Å². The second kappa shape index (κ2) is 5.73. The van der Waals surface area contributed by atoms with Gasteiger partial charge in [-0.15, -0.1) is 0 Å². The summed E-state index contributed by atoms with van der Waals surface area (Å²) in [6.07, 6.45) is 2.58. The van der Waals surface area contributed by atoms with Crippen LogP contribution in [0.4, 0.5) is 5.69 Å². The lowest BCUT2D eigenvalue weighted by Gasteiger charge is -2.37. The Morgan fingerprint density at radius 3 is 3.00 bits per heavy atom. The molecule has 0 aliphatic carbocycles. The van der Waals surface area contributed by atoms with Crippen LogP contribution >= 0.6 is 15.9 Å². The normalized spacial score (nSPS) is 27.5. The molecule has 1 aliphatic heterocycles. The topological polar surface area (TPSA) is 45.0 Å². The van der Waals surface area contributed by atoms with Gasteiger partial charge in [0.25, 0.3) is 0 Å². The van der Waals surface area contributed by atoms with Crippen molar-refractivity contribution in [2.45, 2.75) is 37.8 Å². The van der Waals surface area contributed by atoms with Crippen LogP contribution < -0.4 is 5.32 Å². The van der Waals surface area contributed by atoms with Gasteiger partial charge in [-0.1, -0.05) is 19.1 Å². The monoisotopic (exact) mass is 308 g/mol. The van der Waals surface area contributed by atoms with Crippen LogP contribution in [-0.2, 0) is 4.74 Å². The number of nitriles is 1. The highest BCUT2D eigenvalue weighted by molar-refractivity contribution is 9.10. The van der Waals surface area contributed by atoms with Crippen LogP contribution in [0.5, 0.6) is 0 Å². The summed E-state index contributed by atoms with van der Waals surface area (Å²) < 4.78 is 6.63. The van der Waals surface area contributed by atoms with Crippen LogP contribution in [0.15, 0.2) is 28.7 Å². The van der Waals surface area contributed by atoms with Gasteiger partial charge >= 0.3 is 0 Å². The zero-order chi connectivity index (χ0) is 13.0. The molecule has 1 heterocycles. The van der Waals surface area contributed by atoms with Gasteiger partial charge in [-0.05, 0) is 34.5 Å². The highest BCUT2D eigenvalue weighted by Crippen LogP contribution is 2.32. The third-order valence-corrected chi connectivity index (χ3v) is 4.07. The highest BCUT2D eigenvalue weighted by atomic mass is 79.9. The molecule has 1 aromatic rings. The molecule has 0 aromatic heterocycles. The molecule has 0 bridgehead atoms. The molecule has 0 amide bonds. The van der Waals surface area contributed by atoms with Gasteiger partial charge in [-0.3, -0.25) is 0 Å². The van der Waals surface area contributed by atoms with Crippen molar-refractivity contribution in [2.75, 3.05) is 11.9 Å². The Morgan fingerprint density at radius 1 is 1.56 bits per heavy atom. The van der Waals surface area contributed by atoms with E-state index in [0.717, 1.165) is 29.4 Å². The predicted molar refractivity (Wildman–Crippen MR) is 75.4 cm³/mol. The van der Waals surface area contributed by atoms with E-state index in [1.54, 1.807) is 0 Å². The van der Waals surface area contributed by atoms with Gasteiger partial charge in [-0.2, -0.15) is 5.26 Å². The van der Waals surface area contributed by atoms with E-state index in [9.17, 15) is 5.26 Å². The molecule has 1 aromatic carbocycles.